The summed E-state index contributed by atoms with van der Waals surface area (Å²) in [5.41, 5.74) is 4.87. The molecule has 4 rings (SSSR count). The number of Topliss-reactive ketones (excluding diaryl/α,β-unsaturated/α-hetero) is 1. The van der Waals surface area contributed by atoms with E-state index in [0.29, 0.717) is 0 Å². The van der Waals surface area contributed by atoms with E-state index in [9.17, 15) is 4.79 Å². The molecule has 122 valence electrons. The molecule has 1 atom stereocenters. The summed E-state index contributed by atoms with van der Waals surface area (Å²) in [5, 5.41) is 0. The first-order chi connectivity index (χ1) is 12.3. The quantitative estimate of drug-likeness (QED) is 0.621. The van der Waals surface area contributed by atoms with Gasteiger partial charge in [-0.1, -0.05) is 78.9 Å². The van der Waals surface area contributed by atoms with Gasteiger partial charge in [0.15, 0.2) is 5.78 Å². The number of rotatable bonds is 3. The molecule has 0 saturated heterocycles. The lowest BCUT2D eigenvalue weighted by Crippen LogP contribution is -2.31. The fraction of sp³-hybridized carbons (Fsp3) is 0.0870. The zero-order valence-corrected chi connectivity index (χ0v) is 14.1. The van der Waals surface area contributed by atoms with Crippen LogP contribution in [0.4, 0.5) is 5.69 Å². The summed E-state index contributed by atoms with van der Waals surface area (Å²) >= 11 is 0. The molecule has 0 spiro atoms. The van der Waals surface area contributed by atoms with Crippen LogP contribution in [0.2, 0.25) is 0 Å². The molecule has 0 aliphatic carbocycles. The Kier molecular flexibility index (Phi) is 3.95. The number of hydrogen-bond donors (Lipinski definition) is 0. The van der Waals surface area contributed by atoms with Crippen molar-refractivity contribution in [3.8, 4) is 0 Å². The summed E-state index contributed by atoms with van der Waals surface area (Å²) in [6, 6.07) is 27.8. The molecule has 2 heteroatoms. The van der Waals surface area contributed by atoms with E-state index in [1.807, 2.05) is 66.7 Å². The largest absolute Gasteiger partial charge is 0.363 e. The van der Waals surface area contributed by atoms with Crippen LogP contribution in [0, 0.1) is 0 Å². The van der Waals surface area contributed by atoms with Gasteiger partial charge in [0.05, 0.1) is 6.04 Å². The van der Waals surface area contributed by atoms with Crippen molar-refractivity contribution in [3.05, 3.63) is 107 Å². The van der Waals surface area contributed by atoms with Gasteiger partial charge in [0.1, 0.15) is 0 Å². The molecule has 2 nitrogen and oxygen atoms in total. The standard InChI is InChI=1S/C23H19NO/c1-24-21-15-9-8-14-19(21)16-20(22(24)17-10-4-2-5-11-17)23(25)18-12-6-3-7-13-18/h2-16,22H,1H3. The van der Waals surface area contributed by atoms with Gasteiger partial charge in [0.2, 0.25) is 0 Å². The molecule has 3 aromatic carbocycles. The molecule has 1 heterocycles. The Morgan fingerprint density at radius 3 is 2.12 bits per heavy atom. The summed E-state index contributed by atoms with van der Waals surface area (Å²) < 4.78 is 0. The Morgan fingerprint density at radius 2 is 1.40 bits per heavy atom. The van der Waals surface area contributed by atoms with Crippen LogP contribution in [-0.2, 0) is 0 Å². The number of carbonyl (C=O) groups excluding carboxylic acids is 1. The summed E-state index contributed by atoms with van der Waals surface area (Å²) in [5.74, 6) is 0.0795. The van der Waals surface area contributed by atoms with Crippen LogP contribution >= 0.6 is 0 Å². The highest BCUT2D eigenvalue weighted by Crippen LogP contribution is 2.40. The van der Waals surface area contributed by atoms with Gasteiger partial charge in [-0.15, -0.1) is 0 Å². The highest BCUT2D eigenvalue weighted by Gasteiger charge is 2.31. The van der Waals surface area contributed by atoms with E-state index >= 15 is 0 Å². The summed E-state index contributed by atoms with van der Waals surface area (Å²) in [6.45, 7) is 0. The molecule has 1 aliphatic rings. The second-order valence-corrected chi connectivity index (χ2v) is 6.28. The minimum absolute atomic E-state index is 0.0795. The van der Waals surface area contributed by atoms with Crippen molar-refractivity contribution < 1.29 is 4.79 Å². The Labute approximate surface area is 148 Å². The maximum atomic E-state index is 13.2. The summed E-state index contributed by atoms with van der Waals surface area (Å²) in [4.78, 5) is 15.4. The average molecular weight is 325 g/mol. The molecule has 25 heavy (non-hydrogen) atoms. The first kappa shape index (κ1) is 15.4. The fourth-order valence-corrected chi connectivity index (χ4v) is 3.51. The van der Waals surface area contributed by atoms with Crippen LogP contribution < -0.4 is 4.90 Å². The minimum Gasteiger partial charge on any atom is -0.363 e. The van der Waals surface area contributed by atoms with Crippen molar-refractivity contribution in [2.75, 3.05) is 11.9 Å². The number of nitrogens with zero attached hydrogens (tertiary/aromatic N) is 1. The van der Waals surface area contributed by atoms with Crippen molar-refractivity contribution >= 4 is 17.5 Å². The van der Waals surface area contributed by atoms with Gasteiger partial charge in [0, 0.05) is 23.9 Å². The SMILES string of the molecule is CN1c2ccccc2C=C(C(=O)c2ccccc2)C1c1ccccc1. The van der Waals surface area contributed by atoms with E-state index in [1.54, 1.807) is 0 Å². The van der Waals surface area contributed by atoms with E-state index in [1.165, 1.54) is 0 Å². The molecular formula is C23H19NO. The van der Waals surface area contributed by atoms with Gasteiger partial charge in [-0.05, 0) is 23.3 Å². The molecular weight excluding hydrogens is 306 g/mol. The van der Waals surface area contributed by atoms with Gasteiger partial charge in [-0.25, -0.2) is 0 Å². The van der Waals surface area contributed by atoms with Crippen LogP contribution in [0.5, 0.6) is 0 Å². The van der Waals surface area contributed by atoms with E-state index < -0.39 is 0 Å². The monoisotopic (exact) mass is 325 g/mol. The Hall–Kier alpha value is -3.13. The third-order valence-electron chi connectivity index (χ3n) is 4.72. The smallest absolute Gasteiger partial charge is 0.191 e. The van der Waals surface area contributed by atoms with Crippen molar-refractivity contribution in [2.24, 2.45) is 0 Å². The third kappa shape index (κ3) is 2.76. The van der Waals surface area contributed by atoms with Gasteiger partial charge in [-0.2, -0.15) is 0 Å². The van der Waals surface area contributed by atoms with E-state index in [4.69, 9.17) is 0 Å². The van der Waals surface area contributed by atoms with Crippen molar-refractivity contribution in [3.63, 3.8) is 0 Å². The third-order valence-corrected chi connectivity index (χ3v) is 4.72. The highest BCUT2D eigenvalue weighted by atomic mass is 16.1. The lowest BCUT2D eigenvalue weighted by atomic mass is 9.86. The summed E-state index contributed by atoms with van der Waals surface area (Å²) in [6.07, 6.45) is 2.04. The molecule has 0 fully saturated rings. The predicted octanol–water partition coefficient (Wildman–Crippen LogP) is 5.14. The lowest BCUT2D eigenvalue weighted by Gasteiger charge is -2.36. The van der Waals surface area contributed by atoms with Crippen molar-refractivity contribution in [2.45, 2.75) is 6.04 Å². The molecule has 0 N–H and O–H groups in total. The highest BCUT2D eigenvalue weighted by molar-refractivity contribution is 6.13. The van der Waals surface area contributed by atoms with Gasteiger partial charge in [0.25, 0.3) is 0 Å². The maximum absolute atomic E-state index is 13.2. The molecule has 1 aliphatic heterocycles. The molecule has 0 radical (unpaired) electrons. The second-order valence-electron chi connectivity index (χ2n) is 6.28. The number of ketones is 1. The number of fused-ring (bicyclic) bond motifs is 1. The van der Waals surface area contributed by atoms with E-state index in [-0.39, 0.29) is 11.8 Å². The average Bonchev–Trinajstić information content (AvgIpc) is 2.69. The van der Waals surface area contributed by atoms with E-state index in [2.05, 4.69) is 36.2 Å². The number of likely N-dealkylation sites (N-methyl/N-ethyl adjacent to an activating group) is 1. The van der Waals surface area contributed by atoms with E-state index in [0.717, 1.165) is 28.0 Å². The fourth-order valence-electron chi connectivity index (χ4n) is 3.51. The maximum Gasteiger partial charge on any atom is 0.191 e. The number of benzene rings is 3. The topological polar surface area (TPSA) is 20.3 Å². The predicted molar refractivity (Wildman–Crippen MR) is 103 cm³/mol. The number of anilines is 1. The molecule has 3 aromatic rings. The van der Waals surface area contributed by atoms with Gasteiger partial charge >= 0.3 is 0 Å². The first-order valence-electron chi connectivity index (χ1n) is 8.44. The molecule has 1 unspecified atom stereocenters. The first-order valence-corrected chi connectivity index (χ1v) is 8.44. The second kappa shape index (κ2) is 6.40. The molecule has 0 aromatic heterocycles. The normalized spacial score (nSPS) is 16.1. The van der Waals surface area contributed by atoms with Gasteiger partial charge in [-0.3, -0.25) is 4.79 Å². The molecule has 0 amide bonds. The Balaban J connectivity index is 1.88. The summed E-state index contributed by atoms with van der Waals surface area (Å²) in [7, 11) is 2.06. The number of hydrogen-bond acceptors (Lipinski definition) is 2. The van der Waals surface area contributed by atoms with Crippen molar-refractivity contribution in [1.82, 2.24) is 0 Å². The van der Waals surface area contributed by atoms with Crippen LogP contribution in [0.15, 0.2) is 90.5 Å². The minimum atomic E-state index is -0.0937. The van der Waals surface area contributed by atoms with Crippen molar-refractivity contribution in [1.29, 1.82) is 0 Å². The number of para-hydroxylation sites is 1. The Bertz CT molecular complexity index is 929. The zero-order valence-electron chi connectivity index (χ0n) is 14.1. The lowest BCUT2D eigenvalue weighted by molar-refractivity contribution is 0.102. The molecule has 0 bridgehead atoms. The molecule has 0 saturated carbocycles. The number of carbonyl (C=O) groups is 1. The van der Waals surface area contributed by atoms with Crippen LogP contribution in [0.25, 0.3) is 6.08 Å². The van der Waals surface area contributed by atoms with Crippen LogP contribution in [0.3, 0.4) is 0 Å². The Morgan fingerprint density at radius 1 is 0.800 bits per heavy atom. The van der Waals surface area contributed by atoms with Crippen LogP contribution in [-0.4, -0.2) is 12.8 Å². The van der Waals surface area contributed by atoms with Crippen LogP contribution in [0.1, 0.15) is 27.5 Å². The van der Waals surface area contributed by atoms with Gasteiger partial charge < -0.3 is 4.90 Å². The zero-order chi connectivity index (χ0) is 17.2.